The van der Waals surface area contributed by atoms with Gasteiger partial charge in [-0.1, -0.05) is 64.1 Å². The number of nitrogens with one attached hydrogen (secondary N) is 1. The summed E-state index contributed by atoms with van der Waals surface area (Å²) >= 11 is 1.83. The van der Waals surface area contributed by atoms with E-state index in [-0.39, 0.29) is 11.4 Å². The second kappa shape index (κ2) is 8.17. The second-order valence-electron chi connectivity index (χ2n) is 7.44. The highest BCUT2D eigenvalue weighted by molar-refractivity contribution is 7.99. The van der Waals surface area contributed by atoms with Crippen molar-refractivity contribution in [1.29, 1.82) is 0 Å². The van der Waals surface area contributed by atoms with Gasteiger partial charge in [-0.25, -0.2) is 4.79 Å². The van der Waals surface area contributed by atoms with Gasteiger partial charge in [-0.15, -0.1) is 11.8 Å². The van der Waals surface area contributed by atoms with E-state index in [9.17, 15) is 4.79 Å². The maximum absolute atomic E-state index is 12.8. The first-order chi connectivity index (χ1) is 12.5. The third kappa shape index (κ3) is 4.24. The lowest BCUT2D eigenvalue weighted by molar-refractivity contribution is 0.214. The number of amides is 2. The van der Waals surface area contributed by atoms with Crippen LogP contribution in [0, 0.1) is 0 Å². The number of nitrogens with zero attached hydrogens (tertiary/aromatic N) is 1. The number of urea groups is 1. The molecule has 0 aromatic heterocycles. The molecule has 1 N–H and O–H groups in total. The van der Waals surface area contributed by atoms with Crippen molar-refractivity contribution in [3.63, 3.8) is 0 Å². The normalized spacial score (nSPS) is 17.2. The van der Waals surface area contributed by atoms with Crippen molar-refractivity contribution < 1.29 is 4.79 Å². The Balaban J connectivity index is 1.69. The van der Waals surface area contributed by atoms with E-state index in [4.69, 9.17) is 0 Å². The number of thioether (sulfide) groups is 1. The number of carbonyl (C=O) groups is 1. The molecule has 0 radical (unpaired) electrons. The molecule has 2 amide bonds. The molecule has 2 aromatic carbocycles. The lowest BCUT2D eigenvalue weighted by Gasteiger charge is -2.25. The first-order valence-electron chi connectivity index (χ1n) is 9.34. The average Bonchev–Trinajstić information content (AvgIpc) is 3.12. The molecule has 1 atom stereocenters. The van der Waals surface area contributed by atoms with Crippen LogP contribution in [0.2, 0.25) is 0 Å². The maximum atomic E-state index is 12.8. The summed E-state index contributed by atoms with van der Waals surface area (Å²) in [6, 6.07) is 16.8. The van der Waals surface area contributed by atoms with Crippen LogP contribution in [0.1, 0.15) is 61.6 Å². The van der Waals surface area contributed by atoms with Gasteiger partial charge in [0.05, 0.1) is 0 Å². The molecule has 3 rings (SSSR count). The van der Waals surface area contributed by atoms with Crippen molar-refractivity contribution in [2.75, 3.05) is 17.6 Å². The molecule has 138 valence electrons. The standard InChI is InChI=1S/C22H28N2OS/c1-15(2)17-5-7-19(8-6-17)21-24(13-14-26-21)22(25)23-20-11-9-18(10-12-20)16(3)4/h5-12,15-16,21H,13-14H2,1-4H3,(H,23,25). The summed E-state index contributed by atoms with van der Waals surface area (Å²) in [5, 5.41) is 3.14. The zero-order chi connectivity index (χ0) is 18.7. The first-order valence-corrected chi connectivity index (χ1v) is 10.4. The smallest absolute Gasteiger partial charge is 0.308 e. The number of anilines is 1. The molecular formula is C22H28N2OS. The van der Waals surface area contributed by atoms with Gasteiger partial charge in [-0.3, -0.25) is 0 Å². The van der Waals surface area contributed by atoms with Gasteiger partial charge in [0.25, 0.3) is 0 Å². The fraction of sp³-hybridized carbons (Fsp3) is 0.409. The highest BCUT2D eigenvalue weighted by atomic mass is 32.2. The van der Waals surface area contributed by atoms with Gasteiger partial charge in [-0.2, -0.15) is 0 Å². The van der Waals surface area contributed by atoms with Crippen molar-refractivity contribution in [1.82, 2.24) is 4.90 Å². The van der Waals surface area contributed by atoms with Gasteiger partial charge in [0.2, 0.25) is 0 Å². The lowest BCUT2D eigenvalue weighted by atomic mass is 10.0. The van der Waals surface area contributed by atoms with Gasteiger partial charge in [0.15, 0.2) is 0 Å². The lowest BCUT2D eigenvalue weighted by Crippen LogP contribution is -2.34. The molecule has 3 nitrogen and oxygen atoms in total. The summed E-state index contributed by atoms with van der Waals surface area (Å²) in [6.45, 7) is 9.51. The van der Waals surface area contributed by atoms with Gasteiger partial charge in [0, 0.05) is 18.0 Å². The van der Waals surface area contributed by atoms with E-state index in [1.807, 2.05) is 28.8 Å². The molecule has 0 spiro atoms. The van der Waals surface area contributed by atoms with Crippen LogP contribution < -0.4 is 5.32 Å². The molecule has 2 aromatic rings. The van der Waals surface area contributed by atoms with E-state index >= 15 is 0 Å². The Morgan fingerprint density at radius 1 is 0.962 bits per heavy atom. The number of hydrogen-bond acceptors (Lipinski definition) is 2. The van der Waals surface area contributed by atoms with Crippen molar-refractivity contribution in [3.05, 3.63) is 65.2 Å². The molecule has 1 aliphatic rings. The minimum absolute atomic E-state index is 0.0229. The minimum atomic E-state index is -0.0229. The Bertz CT molecular complexity index is 738. The highest BCUT2D eigenvalue weighted by Crippen LogP contribution is 2.38. The summed E-state index contributed by atoms with van der Waals surface area (Å²) in [5.74, 6) is 1.98. The van der Waals surface area contributed by atoms with Crippen molar-refractivity contribution in [3.8, 4) is 0 Å². The fourth-order valence-corrected chi connectivity index (χ4v) is 4.40. The van der Waals surface area contributed by atoms with Crippen LogP contribution >= 0.6 is 11.8 Å². The van der Waals surface area contributed by atoms with Gasteiger partial charge >= 0.3 is 6.03 Å². The minimum Gasteiger partial charge on any atom is -0.308 e. The van der Waals surface area contributed by atoms with E-state index in [0.717, 1.165) is 18.0 Å². The molecular weight excluding hydrogens is 340 g/mol. The third-order valence-electron chi connectivity index (χ3n) is 4.87. The van der Waals surface area contributed by atoms with Crippen LogP contribution in [-0.4, -0.2) is 23.2 Å². The van der Waals surface area contributed by atoms with Crippen LogP contribution in [0.4, 0.5) is 10.5 Å². The van der Waals surface area contributed by atoms with E-state index < -0.39 is 0 Å². The van der Waals surface area contributed by atoms with Crippen molar-refractivity contribution >= 4 is 23.5 Å². The topological polar surface area (TPSA) is 32.3 Å². The molecule has 26 heavy (non-hydrogen) atoms. The Morgan fingerprint density at radius 3 is 2.04 bits per heavy atom. The average molecular weight is 369 g/mol. The molecule has 1 saturated heterocycles. The summed E-state index contributed by atoms with van der Waals surface area (Å²) in [6.07, 6.45) is 0. The summed E-state index contributed by atoms with van der Waals surface area (Å²) in [5.41, 5.74) is 4.66. The summed E-state index contributed by atoms with van der Waals surface area (Å²) < 4.78 is 0. The van der Waals surface area contributed by atoms with Crippen LogP contribution in [-0.2, 0) is 0 Å². The number of hydrogen-bond donors (Lipinski definition) is 1. The Hall–Kier alpha value is -1.94. The first kappa shape index (κ1) is 18.8. The quantitative estimate of drug-likeness (QED) is 0.695. The monoisotopic (exact) mass is 368 g/mol. The molecule has 1 aliphatic heterocycles. The fourth-order valence-electron chi connectivity index (χ4n) is 3.15. The zero-order valence-corrected chi connectivity index (χ0v) is 16.8. The largest absolute Gasteiger partial charge is 0.323 e. The van der Waals surface area contributed by atoms with Crippen LogP contribution in [0.5, 0.6) is 0 Å². The van der Waals surface area contributed by atoms with E-state index in [1.165, 1.54) is 16.7 Å². The van der Waals surface area contributed by atoms with E-state index in [0.29, 0.717) is 11.8 Å². The predicted octanol–water partition coefficient (Wildman–Crippen LogP) is 6.21. The predicted molar refractivity (Wildman–Crippen MR) is 112 cm³/mol. The molecule has 0 bridgehead atoms. The van der Waals surface area contributed by atoms with Crippen molar-refractivity contribution in [2.45, 2.75) is 44.9 Å². The van der Waals surface area contributed by atoms with Gasteiger partial charge in [-0.05, 0) is 40.7 Å². The van der Waals surface area contributed by atoms with E-state index in [1.54, 1.807) is 0 Å². The van der Waals surface area contributed by atoms with E-state index in [2.05, 4.69) is 69.4 Å². The molecule has 1 heterocycles. The Labute approximate surface area is 161 Å². The van der Waals surface area contributed by atoms with Gasteiger partial charge < -0.3 is 10.2 Å². The van der Waals surface area contributed by atoms with Crippen LogP contribution in [0.3, 0.4) is 0 Å². The molecule has 0 aliphatic carbocycles. The summed E-state index contributed by atoms with van der Waals surface area (Å²) in [4.78, 5) is 14.7. The second-order valence-corrected chi connectivity index (χ2v) is 8.63. The number of benzene rings is 2. The Morgan fingerprint density at radius 2 is 1.50 bits per heavy atom. The number of carbonyl (C=O) groups excluding carboxylic acids is 1. The van der Waals surface area contributed by atoms with Crippen LogP contribution in [0.15, 0.2) is 48.5 Å². The molecule has 1 unspecified atom stereocenters. The summed E-state index contributed by atoms with van der Waals surface area (Å²) in [7, 11) is 0. The SMILES string of the molecule is CC(C)c1ccc(NC(=O)N2CCSC2c2ccc(C(C)C)cc2)cc1. The zero-order valence-electron chi connectivity index (χ0n) is 16.0. The van der Waals surface area contributed by atoms with Crippen molar-refractivity contribution in [2.24, 2.45) is 0 Å². The highest BCUT2D eigenvalue weighted by Gasteiger charge is 2.30. The molecule has 4 heteroatoms. The van der Waals surface area contributed by atoms with Crippen LogP contribution in [0.25, 0.3) is 0 Å². The Kier molecular flexibility index (Phi) is 5.92. The van der Waals surface area contributed by atoms with Gasteiger partial charge in [0.1, 0.15) is 5.37 Å². The molecule has 1 fully saturated rings. The number of rotatable bonds is 4. The third-order valence-corrected chi connectivity index (χ3v) is 6.13. The molecule has 0 saturated carbocycles. The maximum Gasteiger partial charge on any atom is 0.323 e.